The summed E-state index contributed by atoms with van der Waals surface area (Å²) in [4.78, 5) is 11.9. The molecule has 1 N–H and O–H groups in total. The van der Waals surface area contributed by atoms with Gasteiger partial charge in [-0.3, -0.25) is 0 Å². The van der Waals surface area contributed by atoms with E-state index in [0.29, 0.717) is 4.47 Å². The molecule has 0 bridgehead atoms. The van der Waals surface area contributed by atoms with Crippen molar-refractivity contribution < 1.29 is 27.4 Å². The van der Waals surface area contributed by atoms with Crippen LogP contribution in [0, 0.1) is 0 Å². The number of halogens is 4. The first kappa shape index (κ1) is 19.1. The van der Waals surface area contributed by atoms with Crippen molar-refractivity contribution in [2.45, 2.75) is 25.9 Å². The summed E-state index contributed by atoms with van der Waals surface area (Å²) in [6, 6.07) is 12.5. The Hall–Kier alpha value is -2.22. The van der Waals surface area contributed by atoms with Crippen LogP contribution in [0.25, 0.3) is 0 Å². The Kier molecular flexibility index (Phi) is 6.30. The van der Waals surface area contributed by atoms with E-state index in [9.17, 15) is 18.0 Å². The zero-order chi connectivity index (χ0) is 18.4. The average Bonchev–Trinajstić information content (AvgIpc) is 2.52. The van der Waals surface area contributed by atoms with Crippen molar-refractivity contribution in [3.63, 3.8) is 0 Å². The van der Waals surface area contributed by atoms with Crippen LogP contribution in [0.3, 0.4) is 0 Å². The molecule has 0 radical (unpaired) electrons. The highest BCUT2D eigenvalue weighted by molar-refractivity contribution is 9.10. The molecular formula is C17H15BrF3NO3. The first-order valence-corrected chi connectivity index (χ1v) is 8.06. The molecule has 1 amide bonds. The van der Waals surface area contributed by atoms with Crippen LogP contribution in [-0.4, -0.2) is 12.5 Å². The van der Waals surface area contributed by atoms with Gasteiger partial charge in [0, 0.05) is 10.0 Å². The number of hydrogen-bond donors (Lipinski definition) is 1. The van der Waals surface area contributed by atoms with E-state index in [4.69, 9.17) is 4.74 Å². The molecule has 0 aliphatic rings. The van der Waals surface area contributed by atoms with Gasteiger partial charge in [0.15, 0.2) is 0 Å². The summed E-state index contributed by atoms with van der Waals surface area (Å²) in [7, 11) is 0. The van der Waals surface area contributed by atoms with Gasteiger partial charge < -0.3 is 14.8 Å². The van der Waals surface area contributed by atoms with Crippen molar-refractivity contribution in [1.82, 2.24) is 5.32 Å². The fourth-order valence-corrected chi connectivity index (χ4v) is 2.44. The molecule has 0 aliphatic carbocycles. The van der Waals surface area contributed by atoms with Crippen LogP contribution in [0.1, 0.15) is 24.1 Å². The molecule has 0 fully saturated rings. The number of hydrogen-bond acceptors (Lipinski definition) is 3. The number of ether oxygens (including phenoxy) is 2. The standard InChI is InChI=1S/C17H15BrF3NO3/c1-11(22-16(23)24-10-12-5-3-2-4-6-12)14-8-7-13(18)9-15(14)25-17(19,20)21/h2-9,11H,10H2,1H3,(H,22,23)/t11-/m0/s1. The monoisotopic (exact) mass is 417 g/mol. The van der Waals surface area contributed by atoms with E-state index in [1.165, 1.54) is 19.1 Å². The van der Waals surface area contributed by atoms with Gasteiger partial charge in [-0.1, -0.05) is 52.3 Å². The molecule has 134 valence electrons. The Morgan fingerprint density at radius 3 is 2.52 bits per heavy atom. The number of carbonyl (C=O) groups excluding carboxylic acids is 1. The maximum atomic E-state index is 12.5. The highest BCUT2D eigenvalue weighted by atomic mass is 79.9. The number of nitrogens with one attached hydrogen (secondary N) is 1. The van der Waals surface area contributed by atoms with Gasteiger partial charge in [0.2, 0.25) is 0 Å². The van der Waals surface area contributed by atoms with Gasteiger partial charge in [0.1, 0.15) is 12.4 Å². The number of amides is 1. The quantitative estimate of drug-likeness (QED) is 0.714. The van der Waals surface area contributed by atoms with E-state index in [1.807, 2.05) is 18.2 Å². The summed E-state index contributed by atoms with van der Waals surface area (Å²) in [6.45, 7) is 1.60. The van der Waals surface area contributed by atoms with Crippen molar-refractivity contribution in [1.29, 1.82) is 0 Å². The molecule has 0 aromatic heterocycles. The van der Waals surface area contributed by atoms with Crippen molar-refractivity contribution in [3.05, 3.63) is 64.1 Å². The van der Waals surface area contributed by atoms with Crippen molar-refractivity contribution in [2.24, 2.45) is 0 Å². The number of carbonyl (C=O) groups is 1. The van der Waals surface area contributed by atoms with Crippen molar-refractivity contribution >= 4 is 22.0 Å². The third kappa shape index (κ3) is 6.30. The van der Waals surface area contributed by atoms with E-state index in [2.05, 4.69) is 26.0 Å². The molecular weight excluding hydrogens is 403 g/mol. The molecule has 4 nitrogen and oxygen atoms in total. The molecule has 2 aromatic carbocycles. The number of alkyl halides is 3. The van der Waals surface area contributed by atoms with E-state index in [-0.39, 0.29) is 12.2 Å². The average molecular weight is 418 g/mol. The lowest BCUT2D eigenvalue weighted by Crippen LogP contribution is -2.28. The molecule has 0 saturated carbocycles. The lowest BCUT2D eigenvalue weighted by Gasteiger charge is -2.19. The van der Waals surface area contributed by atoms with Gasteiger partial charge in [-0.2, -0.15) is 0 Å². The first-order valence-electron chi connectivity index (χ1n) is 7.27. The molecule has 2 rings (SSSR count). The number of rotatable bonds is 5. The highest BCUT2D eigenvalue weighted by Gasteiger charge is 2.33. The van der Waals surface area contributed by atoms with Crippen LogP contribution >= 0.6 is 15.9 Å². The van der Waals surface area contributed by atoms with Crippen LogP contribution in [0.15, 0.2) is 53.0 Å². The van der Waals surface area contributed by atoms with Gasteiger partial charge in [0.05, 0.1) is 6.04 Å². The molecule has 25 heavy (non-hydrogen) atoms. The maximum Gasteiger partial charge on any atom is 0.573 e. The molecule has 0 aliphatic heterocycles. The van der Waals surface area contributed by atoms with Gasteiger partial charge in [-0.25, -0.2) is 4.79 Å². The lowest BCUT2D eigenvalue weighted by molar-refractivity contribution is -0.275. The zero-order valence-electron chi connectivity index (χ0n) is 13.1. The zero-order valence-corrected chi connectivity index (χ0v) is 14.7. The van der Waals surface area contributed by atoms with Crippen LogP contribution < -0.4 is 10.1 Å². The second kappa shape index (κ2) is 8.24. The van der Waals surface area contributed by atoms with Crippen LogP contribution in [0.5, 0.6) is 5.75 Å². The SMILES string of the molecule is C[C@H](NC(=O)OCc1ccccc1)c1ccc(Br)cc1OC(F)(F)F. The summed E-state index contributed by atoms with van der Waals surface area (Å²) < 4.78 is 47.1. The van der Waals surface area contributed by atoms with Crippen molar-refractivity contribution in [3.8, 4) is 5.75 Å². The summed E-state index contributed by atoms with van der Waals surface area (Å²) in [5.41, 5.74) is 0.979. The van der Waals surface area contributed by atoms with E-state index in [1.54, 1.807) is 18.2 Å². The summed E-state index contributed by atoms with van der Waals surface area (Å²) in [5, 5.41) is 2.49. The molecule has 0 saturated heterocycles. The second-order valence-corrected chi connectivity index (χ2v) is 6.07. The number of benzene rings is 2. The van der Waals surface area contributed by atoms with Crippen LogP contribution in [0.4, 0.5) is 18.0 Å². The molecule has 2 aromatic rings. The Bertz CT molecular complexity index is 723. The van der Waals surface area contributed by atoms with Crippen LogP contribution in [-0.2, 0) is 11.3 Å². The molecule has 0 spiro atoms. The fourth-order valence-electron chi connectivity index (χ4n) is 2.10. The topological polar surface area (TPSA) is 47.6 Å². The van der Waals surface area contributed by atoms with Gasteiger partial charge in [0.25, 0.3) is 0 Å². The minimum absolute atomic E-state index is 0.0612. The second-order valence-electron chi connectivity index (χ2n) is 5.16. The number of alkyl carbamates (subject to hydrolysis) is 1. The summed E-state index contributed by atoms with van der Waals surface area (Å²) in [6.07, 6.45) is -5.57. The fraction of sp³-hybridized carbons (Fsp3) is 0.235. The minimum Gasteiger partial charge on any atom is -0.445 e. The van der Waals surface area contributed by atoms with E-state index in [0.717, 1.165) is 5.56 Å². The minimum atomic E-state index is -4.83. The third-order valence-corrected chi connectivity index (χ3v) is 3.71. The molecule has 8 heteroatoms. The highest BCUT2D eigenvalue weighted by Crippen LogP contribution is 2.32. The predicted molar refractivity (Wildman–Crippen MR) is 89.0 cm³/mol. The Morgan fingerprint density at radius 2 is 1.88 bits per heavy atom. The van der Waals surface area contributed by atoms with Gasteiger partial charge in [-0.05, 0) is 24.6 Å². The first-order chi connectivity index (χ1) is 11.7. The Balaban J connectivity index is 2.02. The predicted octanol–water partition coefficient (Wildman–Crippen LogP) is 5.34. The van der Waals surface area contributed by atoms with Gasteiger partial charge in [-0.15, -0.1) is 13.2 Å². The van der Waals surface area contributed by atoms with Crippen LogP contribution in [0.2, 0.25) is 0 Å². The van der Waals surface area contributed by atoms with Crippen molar-refractivity contribution in [2.75, 3.05) is 0 Å². The summed E-state index contributed by atoms with van der Waals surface area (Å²) >= 11 is 3.10. The molecule has 0 heterocycles. The Morgan fingerprint density at radius 1 is 1.20 bits per heavy atom. The largest absolute Gasteiger partial charge is 0.573 e. The molecule has 0 unspecified atom stereocenters. The van der Waals surface area contributed by atoms with E-state index < -0.39 is 24.2 Å². The maximum absolute atomic E-state index is 12.5. The normalized spacial score (nSPS) is 12.4. The molecule has 1 atom stereocenters. The smallest absolute Gasteiger partial charge is 0.445 e. The summed E-state index contributed by atoms with van der Waals surface area (Å²) in [5.74, 6) is -0.391. The van der Waals surface area contributed by atoms with E-state index >= 15 is 0 Å². The third-order valence-electron chi connectivity index (χ3n) is 3.21. The lowest BCUT2D eigenvalue weighted by atomic mass is 10.1. The van der Waals surface area contributed by atoms with Gasteiger partial charge >= 0.3 is 12.5 Å². The Labute approximate surface area is 151 Å².